The summed E-state index contributed by atoms with van der Waals surface area (Å²) in [5.74, 6) is -1.31. The minimum Gasteiger partial charge on any atom is -0.319 e. The molecule has 0 radical (unpaired) electrons. The molecule has 128 valence electrons. The summed E-state index contributed by atoms with van der Waals surface area (Å²) < 4.78 is 39.4. The largest absolute Gasteiger partial charge is 0.319 e. The van der Waals surface area contributed by atoms with Crippen molar-refractivity contribution in [2.75, 3.05) is 5.32 Å². The first kappa shape index (κ1) is 17.1. The van der Waals surface area contributed by atoms with Crippen LogP contribution < -0.4 is 5.32 Å². The fourth-order valence-corrected chi connectivity index (χ4v) is 3.38. The Bertz CT molecular complexity index is 1040. The highest BCUT2D eigenvalue weighted by Gasteiger charge is 2.19. The molecule has 0 atom stereocenters. The number of carbonyl (C=O) groups is 1. The van der Waals surface area contributed by atoms with Gasteiger partial charge in [-0.05, 0) is 36.4 Å². The third kappa shape index (κ3) is 3.54. The number of anilines is 1. The first-order valence-electron chi connectivity index (χ1n) is 6.99. The molecular weight excluding hydrogens is 369 g/mol. The molecular formula is C16H11ClFN3O3S. The summed E-state index contributed by atoms with van der Waals surface area (Å²) >= 11 is 5.57. The van der Waals surface area contributed by atoms with Crippen LogP contribution in [-0.2, 0) is 10.0 Å². The second-order valence-electron chi connectivity index (χ2n) is 4.98. The molecule has 1 N–H and O–H groups in total. The van der Waals surface area contributed by atoms with Crippen LogP contribution in [0.4, 0.5) is 10.1 Å². The van der Waals surface area contributed by atoms with E-state index in [-0.39, 0.29) is 21.3 Å². The summed E-state index contributed by atoms with van der Waals surface area (Å²) in [6, 6.07) is 9.47. The molecule has 2 heterocycles. The van der Waals surface area contributed by atoms with Crippen molar-refractivity contribution in [1.29, 1.82) is 0 Å². The lowest BCUT2D eigenvalue weighted by Crippen LogP contribution is -2.14. The number of pyridine rings is 1. The van der Waals surface area contributed by atoms with Gasteiger partial charge in [0.15, 0.2) is 0 Å². The zero-order valence-electron chi connectivity index (χ0n) is 12.6. The van der Waals surface area contributed by atoms with Crippen LogP contribution in [0.3, 0.4) is 0 Å². The van der Waals surface area contributed by atoms with Crippen molar-refractivity contribution in [2.45, 2.75) is 4.90 Å². The number of hydrogen-bond donors (Lipinski definition) is 1. The molecule has 1 amide bonds. The van der Waals surface area contributed by atoms with Crippen molar-refractivity contribution < 1.29 is 17.6 Å². The van der Waals surface area contributed by atoms with Crippen molar-refractivity contribution in [3.8, 4) is 0 Å². The van der Waals surface area contributed by atoms with Gasteiger partial charge in [0.25, 0.3) is 15.9 Å². The highest BCUT2D eigenvalue weighted by molar-refractivity contribution is 7.90. The normalized spacial score (nSPS) is 11.3. The summed E-state index contributed by atoms with van der Waals surface area (Å²) in [4.78, 5) is 15.7. The van der Waals surface area contributed by atoms with Gasteiger partial charge in [0.2, 0.25) is 0 Å². The van der Waals surface area contributed by atoms with Crippen molar-refractivity contribution in [3.63, 3.8) is 0 Å². The maximum absolute atomic E-state index is 13.5. The van der Waals surface area contributed by atoms with Crippen LogP contribution in [0, 0.1) is 5.82 Å². The topological polar surface area (TPSA) is 81.1 Å². The lowest BCUT2D eigenvalue weighted by atomic mass is 10.3. The number of aromatic nitrogens is 2. The van der Waals surface area contributed by atoms with Crippen molar-refractivity contribution in [1.82, 2.24) is 8.96 Å². The van der Waals surface area contributed by atoms with E-state index in [9.17, 15) is 17.6 Å². The van der Waals surface area contributed by atoms with E-state index in [1.165, 1.54) is 36.8 Å². The highest BCUT2D eigenvalue weighted by atomic mass is 35.5. The third-order valence-corrected chi connectivity index (χ3v) is 5.23. The van der Waals surface area contributed by atoms with E-state index in [1.807, 2.05) is 0 Å². The van der Waals surface area contributed by atoms with Gasteiger partial charge in [-0.2, -0.15) is 0 Å². The zero-order chi connectivity index (χ0) is 18.0. The smallest absolute Gasteiger partial charge is 0.274 e. The van der Waals surface area contributed by atoms with Crippen LogP contribution in [0.2, 0.25) is 5.02 Å². The van der Waals surface area contributed by atoms with Gasteiger partial charge in [0.05, 0.1) is 15.6 Å². The number of hydrogen-bond acceptors (Lipinski definition) is 4. The second-order valence-corrected chi connectivity index (χ2v) is 7.23. The minimum absolute atomic E-state index is 0.172. The van der Waals surface area contributed by atoms with Crippen LogP contribution in [0.15, 0.2) is 66.0 Å². The van der Waals surface area contributed by atoms with Crippen LogP contribution in [0.1, 0.15) is 10.5 Å². The molecule has 0 fully saturated rings. The summed E-state index contributed by atoms with van der Waals surface area (Å²) in [6.07, 6.45) is 3.93. The molecule has 3 aromatic rings. The molecule has 25 heavy (non-hydrogen) atoms. The average molecular weight is 380 g/mol. The quantitative estimate of drug-likeness (QED) is 0.755. The van der Waals surface area contributed by atoms with Gasteiger partial charge < -0.3 is 5.32 Å². The number of halogens is 2. The van der Waals surface area contributed by atoms with E-state index in [4.69, 9.17) is 11.6 Å². The number of rotatable bonds is 4. The molecule has 9 heteroatoms. The van der Waals surface area contributed by atoms with Crippen molar-refractivity contribution in [2.24, 2.45) is 0 Å². The number of carbonyl (C=O) groups excluding carboxylic acids is 1. The van der Waals surface area contributed by atoms with Crippen LogP contribution in [0.5, 0.6) is 0 Å². The van der Waals surface area contributed by atoms with Crippen molar-refractivity contribution >= 4 is 33.2 Å². The van der Waals surface area contributed by atoms with E-state index in [0.717, 1.165) is 16.1 Å². The Hall–Kier alpha value is -2.71. The molecule has 0 unspecified atom stereocenters. The van der Waals surface area contributed by atoms with Crippen LogP contribution in [-0.4, -0.2) is 23.3 Å². The lowest BCUT2D eigenvalue weighted by Gasteiger charge is -2.06. The summed E-state index contributed by atoms with van der Waals surface area (Å²) in [6.45, 7) is 0. The molecule has 0 aliphatic rings. The monoisotopic (exact) mass is 379 g/mol. The first-order valence-corrected chi connectivity index (χ1v) is 8.81. The number of amides is 1. The van der Waals surface area contributed by atoms with Gasteiger partial charge in [-0.15, -0.1) is 0 Å². The second kappa shape index (κ2) is 6.66. The molecule has 0 aliphatic carbocycles. The summed E-state index contributed by atoms with van der Waals surface area (Å²) in [7, 11) is -4.01. The molecule has 0 spiro atoms. The molecule has 0 saturated heterocycles. The Balaban J connectivity index is 1.85. The van der Waals surface area contributed by atoms with Crippen LogP contribution >= 0.6 is 11.6 Å². The van der Waals surface area contributed by atoms with E-state index in [1.54, 1.807) is 12.1 Å². The lowest BCUT2D eigenvalue weighted by molar-refractivity contribution is 0.102. The molecule has 3 rings (SSSR count). The molecule has 0 bridgehead atoms. The predicted octanol–water partition coefficient (Wildman–Crippen LogP) is 3.16. The molecule has 6 nitrogen and oxygen atoms in total. The molecule has 0 saturated carbocycles. The zero-order valence-corrected chi connectivity index (χ0v) is 14.1. The van der Waals surface area contributed by atoms with Crippen LogP contribution in [0.25, 0.3) is 0 Å². The SMILES string of the molecule is O=C(Nc1ccn(S(=O)(=O)c2ccc(Cl)c(F)c2)c1)c1ccccn1. The molecule has 1 aromatic carbocycles. The Morgan fingerprint density at radius 3 is 2.68 bits per heavy atom. The first-order chi connectivity index (χ1) is 11.9. The Morgan fingerprint density at radius 2 is 2.00 bits per heavy atom. The van der Waals surface area contributed by atoms with Gasteiger partial charge in [0.1, 0.15) is 11.5 Å². The van der Waals surface area contributed by atoms with Gasteiger partial charge in [-0.25, -0.2) is 16.8 Å². The fourth-order valence-electron chi connectivity index (χ4n) is 2.05. The van der Waals surface area contributed by atoms with Gasteiger partial charge in [-0.3, -0.25) is 9.78 Å². The molecule has 2 aromatic heterocycles. The van der Waals surface area contributed by atoms with E-state index >= 15 is 0 Å². The van der Waals surface area contributed by atoms with E-state index in [2.05, 4.69) is 10.3 Å². The maximum Gasteiger partial charge on any atom is 0.274 e. The summed E-state index contributed by atoms with van der Waals surface area (Å²) in [5, 5.41) is 2.37. The third-order valence-electron chi connectivity index (χ3n) is 3.29. The highest BCUT2D eigenvalue weighted by Crippen LogP contribution is 2.22. The number of nitrogens with zero attached hydrogens (tertiary/aromatic N) is 2. The van der Waals surface area contributed by atoms with Gasteiger partial charge in [0, 0.05) is 18.6 Å². The predicted molar refractivity (Wildman–Crippen MR) is 90.6 cm³/mol. The number of nitrogens with one attached hydrogen (secondary N) is 1. The minimum atomic E-state index is -4.01. The maximum atomic E-state index is 13.5. The molecule has 0 aliphatic heterocycles. The standard InChI is InChI=1S/C16H11ClFN3O3S/c17-13-5-4-12(9-14(13)18)25(23,24)21-8-6-11(10-21)20-16(22)15-3-1-2-7-19-15/h1-10H,(H,20,22). The Kier molecular flexibility index (Phi) is 4.56. The van der Waals surface area contributed by atoms with Gasteiger partial charge in [-0.1, -0.05) is 17.7 Å². The fraction of sp³-hybridized carbons (Fsp3) is 0. The van der Waals surface area contributed by atoms with Gasteiger partial charge >= 0.3 is 0 Å². The average Bonchev–Trinajstić information content (AvgIpc) is 3.07. The van der Waals surface area contributed by atoms with Crippen molar-refractivity contribution in [3.05, 3.63) is 77.6 Å². The Morgan fingerprint density at radius 1 is 1.20 bits per heavy atom. The summed E-state index contributed by atoms with van der Waals surface area (Å²) in [5.41, 5.74) is 0.451. The van der Waals surface area contributed by atoms with E-state index in [0.29, 0.717) is 0 Å². The van der Waals surface area contributed by atoms with E-state index < -0.39 is 21.7 Å². The Labute approximate surface area is 147 Å². The number of benzene rings is 1.